The van der Waals surface area contributed by atoms with E-state index in [2.05, 4.69) is 20.8 Å². The number of Topliss-reactive ketones (excluding diaryl/α,β-unsaturated/α-hetero) is 2. The van der Waals surface area contributed by atoms with Crippen LogP contribution in [-0.4, -0.2) is 11.6 Å². The van der Waals surface area contributed by atoms with Gasteiger partial charge in [-0.05, 0) is 73.2 Å². The summed E-state index contributed by atoms with van der Waals surface area (Å²) >= 11 is 0. The zero-order valence-electron chi connectivity index (χ0n) is 15.4. The Hall–Kier alpha value is -1.18. The predicted octanol–water partition coefficient (Wildman–Crippen LogP) is 5.18. The summed E-state index contributed by atoms with van der Waals surface area (Å²) in [6, 6.07) is 0. The van der Waals surface area contributed by atoms with E-state index in [0.29, 0.717) is 29.1 Å². The molecule has 24 heavy (non-hydrogen) atoms. The lowest BCUT2D eigenvalue weighted by molar-refractivity contribution is -0.134. The van der Waals surface area contributed by atoms with Crippen LogP contribution in [0.15, 0.2) is 22.8 Å². The summed E-state index contributed by atoms with van der Waals surface area (Å²) < 4.78 is 0. The van der Waals surface area contributed by atoms with Crippen LogP contribution in [0.1, 0.15) is 78.6 Å². The predicted molar refractivity (Wildman–Crippen MR) is 95.5 cm³/mol. The van der Waals surface area contributed by atoms with E-state index in [1.165, 1.54) is 49.7 Å². The second kappa shape index (κ2) is 5.41. The van der Waals surface area contributed by atoms with Crippen molar-refractivity contribution in [3.8, 4) is 0 Å². The average molecular weight is 326 g/mol. The number of fused-ring (bicyclic) bond motifs is 4. The number of hydrogen-bond acceptors (Lipinski definition) is 2. The lowest BCUT2D eigenvalue weighted by Gasteiger charge is -2.53. The van der Waals surface area contributed by atoms with Crippen LogP contribution in [0.5, 0.6) is 0 Å². The van der Waals surface area contributed by atoms with Gasteiger partial charge in [0.15, 0.2) is 0 Å². The number of carbonyl (C=O) groups is 2. The Balaban J connectivity index is 1.75. The molecule has 4 atom stereocenters. The van der Waals surface area contributed by atoms with E-state index in [-0.39, 0.29) is 11.6 Å². The van der Waals surface area contributed by atoms with Crippen LogP contribution in [0.2, 0.25) is 0 Å². The van der Waals surface area contributed by atoms with Crippen molar-refractivity contribution in [2.75, 3.05) is 0 Å². The van der Waals surface area contributed by atoms with E-state index in [1.807, 2.05) is 6.08 Å². The summed E-state index contributed by atoms with van der Waals surface area (Å²) in [6.07, 6.45) is 12.0. The van der Waals surface area contributed by atoms with Crippen molar-refractivity contribution in [1.82, 2.24) is 0 Å². The first-order chi connectivity index (χ1) is 11.4. The first kappa shape index (κ1) is 16.3. The smallest absolute Gasteiger partial charge is 0.229 e. The maximum absolute atomic E-state index is 12.6. The summed E-state index contributed by atoms with van der Waals surface area (Å²) in [5, 5.41) is 0. The molecule has 4 aliphatic carbocycles. The average Bonchev–Trinajstić information content (AvgIpc) is 2.82. The van der Waals surface area contributed by atoms with Crippen molar-refractivity contribution >= 4 is 11.6 Å². The van der Waals surface area contributed by atoms with Gasteiger partial charge in [-0.1, -0.05) is 38.8 Å². The standard InChI is InChI=1S/C22H30O2/c1-4-11-21(2)12-10-17-15-7-5-14-6-8-18(23)20(24)19(14)16(15)9-13-22(17,21)3/h6,15,17H,4-5,7-13H2,1-3H3/t15-,17+,21+,22+/m1/s1. The molecule has 4 aliphatic rings. The second-order valence-electron chi connectivity index (χ2n) is 9.10. The highest BCUT2D eigenvalue weighted by Crippen LogP contribution is 2.67. The molecule has 2 nitrogen and oxygen atoms in total. The fourth-order valence-corrected chi connectivity index (χ4v) is 6.71. The summed E-state index contributed by atoms with van der Waals surface area (Å²) in [5.74, 6) is 0.878. The number of carbonyl (C=O) groups excluding carboxylic acids is 2. The molecule has 0 spiro atoms. The van der Waals surface area contributed by atoms with E-state index >= 15 is 0 Å². The zero-order chi connectivity index (χ0) is 17.1. The molecule has 0 bridgehead atoms. The van der Waals surface area contributed by atoms with Gasteiger partial charge in [0.1, 0.15) is 0 Å². The fraction of sp³-hybridized carbons (Fsp3) is 0.727. The summed E-state index contributed by atoms with van der Waals surface area (Å²) in [4.78, 5) is 24.5. The van der Waals surface area contributed by atoms with Crippen molar-refractivity contribution in [2.24, 2.45) is 22.7 Å². The van der Waals surface area contributed by atoms with Crippen LogP contribution in [0.3, 0.4) is 0 Å². The Bertz CT molecular complexity index is 667. The highest BCUT2D eigenvalue weighted by Gasteiger charge is 2.58. The highest BCUT2D eigenvalue weighted by atomic mass is 16.2. The van der Waals surface area contributed by atoms with E-state index in [9.17, 15) is 9.59 Å². The number of hydrogen-bond donors (Lipinski definition) is 0. The van der Waals surface area contributed by atoms with Gasteiger partial charge in [0.2, 0.25) is 11.6 Å². The van der Waals surface area contributed by atoms with Crippen molar-refractivity contribution in [3.63, 3.8) is 0 Å². The van der Waals surface area contributed by atoms with Crippen molar-refractivity contribution in [2.45, 2.75) is 78.6 Å². The third-order valence-electron chi connectivity index (χ3n) is 8.23. The lowest BCUT2D eigenvalue weighted by atomic mass is 9.52. The Labute approximate surface area is 145 Å². The molecule has 0 saturated heterocycles. The van der Waals surface area contributed by atoms with Gasteiger partial charge in [0, 0.05) is 12.0 Å². The maximum Gasteiger partial charge on any atom is 0.229 e. The molecule has 130 valence electrons. The highest BCUT2D eigenvalue weighted by molar-refractivity contribution is 6.46. The van der Waals surface area contributed by atoms with Crippen LogP contribution in [0, 0.1) is 22.7 Å². The number of rotatable bonds is 2. The quantitative estimate of drug-likeness (QED) is 0.655. The zero-order valence-corrected chi connectivity index (χ0v) is 15.4. The van der Waals surface area contributed by atoms with E-state index in [1.54, 1.807) is 0 Å². The van der Waals surface area contributed by atoms with Gasteiger partial charge in [-0.2, -0.15) is 0 Å². The molecule has 0 aromatic heterocycles. The molecule has 0 aromatic rings. The minimum Gasteiger partial charge on any atom is -0.290 e. The van der Waals surface area contributed by atoms with E-state index < -0.39 is 0 Å². The molecule has 0 aromatic carbocycles. The van der Waals surface area contributed by atoms with Crippen molar-refractivity contribution in [3.05, 3.63) is 22.8 Å². The van der Waals surface area contributed by atoms with Gasteiger partial charge >= 0.3 is 0 Å². The molecule has 0 radical (unpaired) electrons. The third kappa shape index (κ3) is 2.01. The van der Waals surface area contributed by atoms with E-state index in [4.69, 9.17) is 0 Å². The summed E-state index contributed by atoms with van der Waals surface area (Å²) in [7, 11) is 0. The van der Waals surface area contributed by atoms with Crippen LogP contribution < -0.4 is 0 Å². The molecule has 0 aliphatic heterocycles. The van der Waals surface area contributed by atoms with Crippen LogP contribution in [-0.2, 0) is 9.59 Å². The molecular weight excluding hydrogens is 296 g/mol. The van der Waals surface area contributed by atoms with Gasteiger partial charge in [-0.15, -0.1) is 0 Å². The molecule has 0 N–H and O–H groups in total. The fourth-order valence-electron chi connectivity index (χ4n) is 6.71. The molecule has 4 rings (SSSR count). The minimum atomic E-state index is -0.197. The van der Waals surface area contributed by atoms with Crippen LogP contribution >= 0.6 is 0 Å². The van der Waals surface area contributed by atoms with Gasteiger partial charge in [0.25, 0.3) is 0 Å². The molecular formula is C22H30O2. The topological polar surface area (TPSA) is 34.1 Å². The monoisotopic (exact) mass is 326 g/mol. The Morgan fingerprint density at radius 1 is 1.12 bits per heavy atom. The largest absolute Gasteiger partial charge is 0.290 e. The van der Waals surface area contributed by atoms with E-state index in [0.717, 1.165) is 18.4 Å². The number of ketones is 2. The lowest BCUT2D eigenvalue weighted by Crippen LogP contribution is -2.45. The normalized spacial score (nSPS) is 41.7. The maximum atomic E-state index is 12.6. The van der Waals surface area contributed by atoms with Gasteiger partial charge in [-0.25, -0.2) is 0 Å². The molecule has 2 saturated carbocycles. The first-order valence-corrected chi connectivity index (χ1v) is 9.91. The molecule has 2 heteroatoms. The van der Waals surface area contributed by atoms with Gasteiger partial charge < -0.3 is 0 Å². The Morgan fingerprint density at radius 3 is 2.67 bits per heavy atom. The Morgan fingerprint density at radius 2 is 1.92 bits per heavy atom. The SMILES string of the molecule is CCC[C@@]1(C)CC[C@H]2[C@@H]3CCC4=CCC(=O)C(=O)C4=C3CC[C@@]21C. The number of allylic oxidation sites excluding steroid dienone is 4. The summed E-state index contributed by atoms with van der Waals surface area (Å²) in [5.41, 5.74) is 4.25. The molecule has 2 fully saturated rings. The first-order valence-electron chi connectivity index (χ1n) is 9.91. The van der Waals surface area contributed by atoms with Gasteiger partial charge in [0.05, 0.1) is 0 Å². The third-order valence-corrected chi connectivity index (χ3v) is 8.23. The van der Waals surface area contributed by atoms with Crippen molar-refractivity contribution in [1.29, 1.82) is 0 Å². The molecule has 0 unspecified atom stereocenters. The van der Waals surface area contributed by atoms with Gasteiger partial charge in [-0.3, -0.25) is 9.59 Å². The Kier molecular flexibility index (Phi) is 3.67. The molecule has 0 heterocycles. The van der Waals surface area contributed by atoms with Crippen LogP contribution in [0.25, 0.3) is 0 Å². The van der Waals surface area contributed by atoms with Crippen molar-refractivity contribution < 1.29 is 9.59 Å². The summed E-state index contributed by atoms with van der Waals surface area (Å²) in [6.45, 7) is 7.35. The van der Waals surface area contributed by atoms with Crippen LogP contribution in [0.4, 0.5) is 0 Å². The second-order valence-corrected chi connectivity index (χ2v) is 9.10. The minimum absolute atomic E-state index is 0.176. The molecule has 0 amide bonds.